The minimum absolute atomic E-state index is 0.206. The van der Waals surface area contributed by atoms with E-state index < -0.39 is 0 Å². The molecule has 0 aromatic heterocycles. The highest BCUT2D eigenvalue weighted by Gasteiger charge is 2.24. The van der Waals surface area contributed by atoms with Crippen LogP contribution in [-0.4, -0.2) is 37.9 Å². The second-order valence-electron chi connectivity index (χ2n) is 5.18. The zero-order chi connectivity index (χ0) is 15.2. The van der Waals surface area contributed by atoms with Crippen LogP contribution < -0.4 is 20.5 Å². The molecule has 6 nitrogen and oxygen atoms in total. The molecule has 6 heteroatoms. The van der Waals surface area contributed by atoms with Crippen LogP contribution in [0.15, 0.2) is 23.2 Å². The molecule has 2 rings (SSSR count). The zero-order valence-corrected chi connectivity index (χ0v) is 12.5. The Morgan fingerprint density at radius 2 is 2.19 bits per heavy atom. The number of rotatable bonds is 5. The largest absolute Gasteiger partial charge is 0.497 e. The minimum Gasteiger partial charge on any atom is -0.497 e. The first kappa shape index (κ1) is 15.4. The quantitative estimate of drug-likeness (QED) is 0.566. The van der Waals surface area contributed by atoms with Crippen LogP contribution >= 0.6 is 0 Å². The van der Waals surface area contributed by atoms with Gasteiger partial charge in [-0.15, -0.1) is 0 Å². The minimum atomic E-state index is -0.257. The van der Waals surface area contributed by atoms with Crippen LogP contribution in [0.5, 0.6) is 11.5 Å². The molecular formula is C15H23N3O3. The molecule has 0 radical (unpaired) electrons. The first-order valence-corrected chi connectivity index (χ1v) is 7.11. The second kappa shape index (κ2) is 7.17. The highest BCUT2D eigenvalue weighted by Crippen LogP contribution is 2.29. The van der Waals surface area contributed by atoms with Gasteiger partial charge >= 0.3 is 0 Å². The second-order valence-corrected chi connectivity index (χ2v) is 5.18. The van der Waals surface area contributed by atoms with Gasteiger partial charge in [-0.1, -0.05) is 6.42 Å². The van der Waals surface area contributed by atoms with Crippen LogP contribution in [0, 0.1) is 5.92 Å². The molecule has 0 spiro atoms. The molecule has 2 atom stereocenters. The maximum atomic E-state index is 9.78. The summed E-state index contributed by atoms with van der Waals surface area (Å²) in [5, 5.41) is 12.8. The number of aliphatic imine (C=N–C) groups is 1. The van der Waals surface area contributed by atoms with Crippen LogP contribution in [-0.2, 0) is 0 Å². The molecule has 1 fully saturated rings. The van der Waals surface area contributed by atoms with Crippen molar-refractivity contribution >= 4 is 11.6 Å². The van der Waals surface area contributed by atoms with E-state index in [2.05, 4.69) is 10.3 Å². The van der Waals surface area contributed by atoms with Crippen molar-refractivity contribution in [1.82, 2.24) is 0 Å². The van der Waals surface area contributed by atoms with Crippen molar-refractivity contribution < 1.29 is 14.6 Å². The fourth-order valence-electron chi connectivity index (χ4n) is 2.54. The lowest BCUT2D eigenvalue weighted by Crippen LogP contribution is -2.25. The van der Waals surface area contributed by atoms with Gasteiger partial charge in [0.15, 0.2) is 5.96 Å². The van der Waals surface area contributed by atoms with Crippen molar-refractivity contribution in [3.63, 3.8) is 0 Å². The number of hydrogen-bond acceptors (Lipinski definition) is 4. The molecular weight excluding hydrogens is 270 g/mol. The van der Waals surface area contributed by atoms with Crippen molar-refractivity contribution in [3.05, 3.63) is 18.2 Å². The molecule has 2 unspecified atom stereocenters. The Balaban J connectivity index is 2.02. The van der Waals surface area contributed by atoms with E-state index in [1.807, 2.05) is 6.07 Å². The molecule has 0 heterocycles. The van der Waals surface area contributed by atoms with Gasteiger partial charge in [0.25, 0.3) is 0 Å². The summed E-state index contributed by atoms with van der Waals surface area (Å²) in [5.74, 6) is 1.88. The van der Waals surface area contributed by atoms with Gasteiger partial charge in [0.05, 0.1) is 26.0 Å². The van der Waals surface area contributed by atoms with Crippen LogP contribution in [0.3, 0.4) is 0 Å². The van der Waals surface area contributed by atoms with Crippen LogP contribution in [0.1, 0.15) is 19.3 Å². The number of aliphatic hydroxyl groups is 1. The lowest BCUT2D eigenvalue weighted by molar-refractivity contribution is 0.137. The van der Waals surface area contributed by atoms with Crippen molar-refractivity contribution in [2.75, 3.05) is 26.1 Å². The van der Waals surface area contributed by atoms with Gasteiger partial charge in [0.1, 0.15) is 11.5 Å². The molecule has 0 bridgehead atoms. The van der Waals surface area contributed by atoms with Gasteiger partial charge in [0.2, 0.25) is 0 Å². The van der Waals surface area contributed by atoms with Gasteiger partial charge < -0.3 is 25.6 Å². The summed E-state index contributed by atoms with van der Waals surface area (Å²) in [6.45, 7) is 0.534. The number of nitrogens with zero attached hydrogens (tertiary/aromatic N) is 1. The number of hydrogen-bond donors (Lipinski definition) is 3. The third-order valence-corrected chi connectivity index (χ3v) is 3.78. The first-order chi connectivity index (χ1) is 10.1. The molecule has 1 aliphatic carbocycles. The molecule has 0 saturated heterocycles. The standard InChI is InChI=1S/C15H23N3O3/c1-20-11-6-7-14(21-2)12(8-11)18-15(16)17-9-10-4-3-5-13(10)19/h6-8,10,13,19H,3-5,9H2,1-2H3,(H3,16,17,18). The smallest absolute Gasteiger partial charge is 0.193 e. The fourth-order valence-corrected chi connectivity index (χ4v) is 2.54. The summed E-state index contributed by atoms with van der Waals surface area (Å²) >= 11 is 0. The van der Waals surface area contributed by atoms with E-state index in [9.17, 15) is 5.11 Å². The number of benzene rings is 1. The maximum absolute atomic E-state index is 9.78. The van der Waals surface area contributed by atoms with Gasteiger partial charge in [-0.05, 0) is 25.0 Å². The van der Waals surface area contributed by atoms with Crippen molar-refractivity contribution in [2.45, 2.75) is 25.4 Å². The zero-order valence-electron chi connectivity index (χ0n) is 12.5. The first-order valence-electron chi connectivity index (χ1n) is 7.11. The van der Waals surface area contributed by atoms with Gasteiger partial charge in [-0.3, -0.25) is 4.99 Å². The van der Waals surface area contributed by atoms with E-state index in [1.165, 1.54) is 0 Å². The Morgan fingerprint density at radius 1 is 1.38 bits per heavy atom. The molecule has 1 aromatic carbocycles. The molecule has 1 aliphatic rings. The van der Waals surface area contributed by atoms with Crippen LogP contribution in [0.4, 0.5) is 5.69 Å². The summed E-state index contributed by atoms with van der Waals surface area (Å²) in [5.41, 5.74) is 6.60. The third-order valence-electron chi connectivity index (χ3n) is 3.78. The Kier molecular flexibility index (Phi) is 5.27. The van der Waals surface area contributed by atoms with E-state index in [-0.39, 0.29) is 12.0 Å². The molecule has 1 saturated carbocycles. The molecule has 4 N–H and O–H groups in total. The summed E-state index contributed by atoms with van der Waals surface area (Å²) in [7, 11) is 3.19. The van der Waals surface area contributed by atoms with Gasteiger partial charge in [0, 0.05) is 18.5 Å². The summed E-state index contributed by atoms with van der Waals surface area (Å²) in [6, 6.07) is 5.41. The Labute approximate surface area is 125 Å². The maximum Gasteiger partial charge on any atom is 0.193 e. The number of ether oxygens (including phenoxy) is 2. The average Bonchev–Trinajstić information content (AvgIpc) is 2.90. The molecule has 116 valence electrons. The van der Waals surface area contributed by atoms with E-state index in [1.54, 1.807) is 26.4 Å². The fraction of sp³-hybridized carbons (Fsp3) is 0.533. The Bertz CT molecular complexity index is 505. The third kappa shape index (κ3) is 4.01. The normalized spacial score (nSPS) is 22.1. The number of methoxy groups -OCH3 is 2. The summed E-state index contributed by atoms with van der Waals surface area (Å²) in [4.78, 5) is 4.31. The van der Waals surface area contributed by atoms with Gasteiger partial charge in [-0.25, -0.2) is 0 Å². The SMILES string of the molecule is COc1ccc(OC)c(NC(N)=NCC2CCCC2O)c1. The average molecular weight is 293 g/mol. The van der Waals surface area contributed by atoms with E-state index in [0.717, 1.165) is 19.3 Å². The predicted molar refractivity (Wildman–Crippen MR) is 83.0 cm³/mol. The Hall–Kier alpha value is -1.95. The van der Waals surface area contributed by atoms with Gasteiger partial charge in [-0.2, -0.15) is 0 Å². The highest BCUT2D eigenvalue weighted by molar-refractivity contribution is 5.94. The van der Waals surface area contributed by atoms with Crippen molar-refractivity contribution in [2.24, 2.45) is 16.6 Å². The number of aliphatic hydroxyl groups excluding tert-OH is 1. The number of nitrogens with two attached hydrogens (primary N) is 1. The topological polar surface area (TPSA) is 89.1 Å². The number of guanidine groups is 1. The van der Waals surface area contributed by atoms with Crippen molar-refractivity contribution in [1.29, 1.82) is 0 Å². The van der Waals surface area contributed by atoms with E-state index in [4.69, 9.17) is 15.2 Å². The van der Waals surface area contributed by atoms with Crippen LogP contribution in [0.25, 0.3) is 0 Å². The Morgan fingerprint density at radius 3 is 2.81 bits per heavy atom. The van der Waals surface area contributed by atoms with E-state index in [0.29, 0.717) is 29.7 Å². The van der Waals surface area contributed by atoms with Crippen molar-refractivity contribution in [3.8, 4) is 11.5 Å². The summed E-state index contributed by atoms with van der Waals surface area (Å²) in [6.07, 6.45) is 2.66. The molecule has 1 aromatic rings. The predicted octanol–water partition coefficient (Wildman–Crippen LogP) is 1.59. The monoisotopic (exact) mass is 293 g/mol. The van der Waals surface area contributed by atoms with E-state index >= 15 is 0 Å². The number of anilines is 1. The lowest BCUT2D eigenvalue weighted by atomic mass is 10.1. The number of nitrogens with one attached hydrogen (secondary N) is 1. The lowest BCUT2D eigenvalue weighted by Gasteiger charge is -2.14. The molecule has 0 aliphatic heterocycles. The molecule has 0 amide bonds. The molecule has 21 heavy (non-hydrogen) atoms. The summed E-state index contributed by atoms with van der Waals surface area (Å²) < 4.78 is 10.5. The van der Waals surface area contributed by atoms with Crippen LogP contribution in [0.2, 0.25) is 0 Å². The highest BCUT2D eigenvalue weighted by atomic mass is 16.5.